The molecule has 0 unspecified atom stereocenters. The molecule has 0 amide bonds. The summed E-state index contributed by atoms with van der Waals surface area (Å²) in [7, 11) is 0. The van der Waals surface area contributed by atoms with Crippen molar-refractivity contribution in [2.24, 2.45) is 4.99 Å². The van der Waals surface area contributed by atoms with E-state index in [0.29, 0.717) is 22.2 Å². The lowest BCUT2D eigenvalue weighted by atomic mass is 10.1. The van der Waals surface area contributed by atoms with Crippen molar-refractivity contribution in [2.75, 3.05) is 6.61 Å². The molecule has 0 saturated heterocycles. The van der Waals surface area contributed by atoms with Gasteiger partial charge in [-0.25, -0.2) is 9.79 Å². The second-order valence-corrected chi connectivity index (χ2v) is 8.87. The number of aliphatic hydroxyl groups excluding tert-OH is 1. The van der Waals surface area contributed by atoms with Gasteiger partial charge in [0.2, 0.25) is 0 Å². The Morgan fingerprint density at radius 3 is 2.31 bits per heavy atom. The first kappa shape index (κ1) is 24.4. The van der Waals surface area contributed by atoms with Crippen LogP contribution in [0.5, 0.6) is 5.75 Å². The first-order valence-corrected chi connectivity index (χ1v) is 12.3. The van der Waals surface area contributed by atoms with Crippen molar-refractivity contribution in [3.63, 3.8) is 0 Å². The van der Waals surface area contributed by atoms with E-state index in [1.807, 2.05) is 84.9 Å². The van der Waals surface area contributed by atoms with Crippen LogP contribution in [0.4, 0.5) is 5.69 Å². The average molecular weight is 486 g/mol. The van der Waals surface area contributed by atoms with Gasteiger partial charge >= 0.3 is 5.97 Å². The van der Waals surface area contributed by atoms with E-state index < -0.39 is 5.97 Å². The number of carbonyl (C=O) groups is 1. The summed E-state index contributed by atoms with van der Waals surface area (Å²) in [6, 6.07) is 25.4. The number of esters is 1. The van der Waals surface area contributed by atoms with Crippen molar-refractivity contribution in [1.29, 1.82) is 0 Å². The molecule has 1 aliphatic heterocycles. The number of benzene rings is 3. The quantitative estimate of drug-likeness (QED) is 0.347. The van der Waals surface area contributed by atoms with Gasteiger partial charge in [-0.15, -0.1) is 0 Å². The zero-order valence-corrected chi connectivity index (χ0v) is 20.5. The van der Waals surface area contributed by atoms with Crippen molar-refractivity contribution in [1.82, 2.24) is 0 Å². The van der Waals surface area contributed by atoms with E-state index in [1.165, 1.54) is 17.3 Å². The van der Waals surface area contributed by atoms with Crippen LogP contribution in [0.2, 0.25) is 0 Å². The van der Waals surface area contributed by atoms with E-state index in [1.54, 1.807) is 6.92 Å². The Kier molecular flexibility index (Phi) is 8.06. The highest BCUT2D eigenvalue weighted by Crippen LogP contribution is 2.40. The third-order valence-corrected chi connectivity index (χ3v) is 6.39. The largest absolute Gasteiger partial charge is 0.506 e. The molecule has 5 nitrogen and oxygen atoms in total. The fourth-order valence-electron chi connectivity index (χ4n) is 3.47. The van der Waals surface area contributed by atoms with Crippen molar-refractivity contribution >= 4 is 34.5 Å². The molecule has 1 heterocycles. The van der Waals surface area contributed by atoms with E-state index in [4.69, 9.17) is 9.47 Å². The van der Waals surface area contributed by atoms with Crippen LogP contribution in [0.15, 0.2) is 100 Å². The molecule has 1 aliphatic rings. The van der Waals surface area contributed by atoms with Gasteiger partial charge in [0.25, 0.3) is 0 Å². The molecule has 0 spiro atoms. The highest BCUT2D eigenvalue weighted by molar-refractivity contribution is 8.18. The molecule has 3 aromatic carbocycles. The maximum Gasteiger partial charge on any atom is 0.344 e. The van der Waals surface area contributed by atoms with Gasteiger partial charge in [-0.2, -0.15) is 0 Å². The van der Waals surface area contributed by atoms with E-state index in [-0.39, 0.29) is 17.9 Å². The number of thioether (sulfide) groups is 1. The minimum atomic E-state index is -0.588. The molecule has 0 aliphatic carbocycles. The molecule has 4 rings (SSSR count). The van der Waals surface area contributed by atoms with Crippen LogP contribution in [0.25, 0.3) is 6.08 Å². The zero-order chi connectivity index (χ0) is 24.6. The number of ether oxygens (including phenoxy) is 2. The van der Waals surface area contributed by atoms with Gasteiger partial charge in [0, 0.05) is 0 Å². The third kappa shape index (κ3) is 6.22. The molecule has 0 atom stereocenters. The van der Waals surface area contributed by atoms with Crippen LogP contribution in [0.3, 0.4) is 0 Å². The van der Waals surface area contributed by atoms with Crippen LogP contribution in [-0.4, -0.2) is 22.7 Å². The summed E-state index contributed by atoms with van der Waals surface area (Å²) >= 11 is 1.25. The van der Waals surface area contributed by atoms with E-state index >= 15 is 0 Å². The highest BCUT2D eigenvalue weighted by atomic mass is 32.2. The number of hydrogen-bond donors (Lipinski definition) is 1. The number of aliphatic hydroxyl groups is 1. The topological polar surface area (TPSA) is 68.1 Å². The standard InChI is InChI=1S/C29H27NO4S/c1-3-20-10-14-23(15-11-20)30-28-26(29(32)33-4-2)27(31)25(35-28)18-21-12-16-24(17-13-21)34-19-22-8-6-5-7-9-22/h5-18,31H,3-4,19H2,1-2H3/b25-18-,30-28?. The summed E-state index contributed by atoms with van der Waals surface area (Å²) in [4.78, 5) is 17.8. The molecule has 0 bridgehead atoms. The predicted molar refractivity (Wildman–Crippen MR) is 142 cm³/mol. The molecule has 0 fully saturated rings. The average Bonchev–Trinajstić information content (AvgIpc) is 3.19. The van der Waals surface area contributed by atoms with E-state index in [2.05, 4.69) is 11.9 Å². The Hall–Kier alpha value is -3.77. The summed E-state index contributed by atoms with van der Waals surface area (Å²) in [5.74, 6) is 0.0381. The maximum atomic E-state index is 12.6. The Bertz CT molecular complexity index is 1260. The molecular formula is C29H27NO4S. The predicted octanol–water partition coefficient (Wildman–Crippen LogP) is 7.02. The van der Waals surface area contributed by atoms with Crippen LogP contribution in [0, 0.1) is 0 Å². The fraction of sp³-hybridized carbons (Fsp3) is 0.172. The number of aliphatic imine (C=N–C) groups is 1. The number of nitrogens with zero attached hydrogens (tertiary/aromatic N) is 1. The third-order valence-electron chi connectivity index (χ3n) is 5.37. The lowest BCUT2D eigenvalue weighted by molar-refractivity contribution is -0.138. The van der Waals surface area contributed by atoms with Gasteiger partial charge in [0.1, 0.15) is 28.7 Å². The van der Waals surface area contributed by atoms with Crippen molar-refractivity contribution in [3.05, 3.63) is 112 Å². The summed E-state index contributed by atoms with van der Waals surface area (Å²) < 4.78 is 11.0. The summed E-state index contributed by atoms with van der Waals surface area (Å²) in [6.07, 6.45) is 2.76. The van der Waals surface area contributed by atoms with Crippen molar-refractivity contribution in [3.8, 4) is 5.75 Å². The fourth-order valence-corrected chi connectivity index (χ4v) is 4.50. The first-order valence-electron chi connectivity index (χ1n) is 11.5. The minimum absolute atomic E-state index is 0.0884. The Morgan fingerprint density at radius 2 is 1.66 bits per heavy atom. The van der Waals surface area contributed by atoms with Gasteiger partial charge in [-0.05, 0) is 60.4 Å². The van der Waals surface area contributed by atoms with Gasteiger partial charge in [-0.3, -0.25) is 0 Å². The van der Waals surface area contributed by atoms with Gasteiger partial charge in [0.05, 0.1) is 17.2 Å². The van der Waals surface area contributed by atoms with E-state index in [9.17, 15) is 9.90 Å². The number of rotatable bonds is 8. The molecule has 6 heteroatoms. The zero-order valence-electron chi connectivity index (χ0n) is 19.7. The lowest BCUT2D eigenvalue weighted by Gasteiger charge is -2.06. The number of carbonyl (C=O) groups excluding carboxylic acids is 1. The second-order valence-electron chi connectivity index (χ2n) is 7.83. The van der Waals surface area contributed by atoms with Gasteiger partial charge in [-0.1, -0.05) is 73.3 Å². The van der Waals surface area contributed by atoms with Gasteiger partial charge < -0.3 is 14.6 Å². The summed E-state index contributed by atoms with van der Waals surface area (Å²) in [6.45, 7) is 4.52. The molecule has 178 valence electrons. The van der Waals surface area contributed by atoms with Crippen LogP contribution in [-0.2, 0) is 22.6 Å². The Labute approximate surface area is 209 Å². The minimum Gasteiger partial charge on any atom is -0.506 e. The van der Waals surface area contributed by atoms with Crippen LogP contribution < -0.4 is 4.74 Å². The lowest BCUT2D eigenvalue weighted by Crippen LogP contribution is -2.12. The maximum absolute atomic E-state index is 12.6. The SMILES string of the molecule is CCOC(=O)C1=C(O)/C(=C/c2ccc(OCc3ccccc3)cc2)SC1=Nc1ccc(CC)cc1. The molecule has 0 aromatic heterocycles. The van der Waals surface area contributed by atoms with E-state index in [0.717, 1.165) is 23.3 Å². The highest BCUT2D eigenvalue weighted by Gasteiger charge is 2.33. The molecular weight excluding hydrogens is 458 g/mol. The smallest absolute Gasteiger partial charge is 0.344 e. The molecule has 3 aromatic rings. The van der Waals surface area contributed by atoms with Crippen LogP contribution in [0.1, 0.15) is 30.5 Å². The number of hydrogen-bond acceptors (Lipinski definition) is 6. The summed E-state index contributed by atoms with van der Waals surface area (Å²) in [5.41, 5.74) is 3.96. The van der Waals surface area contributed by atoms with Crippen LogP contribution >= 0.6 is 11.8 Å². The van der Waals surface area contributed by atoms with Crippen molar-refractivity contribution < 1.29 is 19.4 Å². The molecule has 0 radical (unpaired) electrons. The van der Waals surface area contributed by atoms with Crippen molar-refractivity contribution in [2.45, 2.75) is 26.9 Å². The van der Waals surface area contributed by atoms with Gasteiger partial charge in [0.15, 0.2) is 0 Å². The Balaban J connectivity index is 1.55. The first-order chi connectivity index (χ1) is 17.1. The monoisotopic (exact) mass is 485 g/mol. The normalized spacial score (nSPS) is 15.6. The molecule has 0 saturated carbocycles. The number of aryl methyl sites for hydroxylation is 1. The molecule has 1 N–H and O–H groups in total. The molecule has 35 heavy (non-hydrogen) atoms. The Morgan fingerprint density at radius 1 is 0.943 bits per heavy atom. The second kappa shape index (κ2) is 11.6. The summed E-state index contributed by atoms with van der Waals surface area (Å²) in [5, 5.41) is 11.3.